The zero-order valence-corrected chi connectivity index (χ0v) is 14.8. The number of hydrogen-bond acceptors (Lipinski definition) is 2. The van der Waals surface area contributed by atoms with Gasteiger partial charge in [0.2, 0.25) is 0 Å². The van der Waals surface area contributed by atoms with E-state index in [0.29, 0.717) is 5.84 Å². The van der Waals surface area contributed by atoms with Gasteiger partial charge in [0, 0.05) is 24.2 Å². The van der Waals surface area contributed by atoms with Crippen molar-refractivity contribution in [1.82, 2.24) is 0 Å². The first kappa shape index (κ1) is 16.5. The lowest BCUT2D eigenvalue weighted by Gasteiger charge is -2.23. The molecule has 0 saturated carbocycles. The molecule has 0 spiro atoms. The summed E-state index contributed by atoms with van der Waals surface area (Å²) in [6, 6.07) is 18.1. The highest BCUT2D eigenvalue weighted by Crippen LogP contribution is 2.36. The zero-order valence-electron chi connectivity index (χ0n) is 14.0. The van der Waals surface area contributed by atoms with Crippen molar-refractivity contribution in [3.8, 4) is 0 Å². The van der Waals surface area contributed by atoms with Crippen molar-refractivity contribution in [2.24, 2.45) is 10.3 Å². The Balaban J connectivity index is 2.27. The highest BCUT2D eigenvalue weighted by Gasteiger charge is 2.25. The molecule has 1 unspecified atom stereocenters. The Labute approximate surface area is 143 Å². The highest BCUT2D eigenvalue weighted by atomic mass is 32.2. The Morgan fingerprint density at radius 1 is 1.00 bits per heavy atom. The number of rotatable bonds is 2. The van der Waals surface area contributed by atoms with Crippen molar-refractivity contribution < 1.29 is 8.42 Å². The van der Waals surface area contributed by atoms with Crippen molar-refractivity contribution >= 4 is 27.1 Å². The fraction of sp³-hybridized carbons (Fsp3) is 0.211. The Morgan fingerprint density at radius 2 is 1.62 bits per heavy atom. The van der Waals surface area contributed by atoms with Gasteiger partial charge in [-0.05, 0) is 17.2 Å². The number of amidine groups is 1. The van der Waals surface area contributed by atoms with Crippen LogP contribution in [0.3, 0.4) is 0 Å². The number of hydrogen-bond donors (Lipinski definition) is 0. The van der Waals surface area contributed by atoms with Crippen LogP contribution in [-0.4, -0.2) is 27.6 Å². The maximum Gasteiger partial charge on any atom is 0.251 e. The summed E-state index contributed by atoms with van der Waals surface area (Å²) >= 11 is 0. The predicted octanol–water partition coefficient (Wildman–Crippen LogP) is 3.56. The second-order valence-electron chi connectivity index (χ2n) is 5.99. The molecule has 1 aliphatic heterocycles. The lowest BCUT2D eigenvalue weighted by atomic mass is 9.94. The van der Waals surface area contributed by atoms with E-state index in [0.717, 1.165) is 28.6 Å². The number of benzene rings is 2. The minimum absolute atomic E-state index is 0.132. The van der Waals surface area contributed by atoms with Crippen LogP contribution in [0.2, 0.25) is 0 Å². The lowest BCUT2D eigenvalue weighted by Crippen LogP contribution is -2.31. The minimum atomic E-state index is -3.47. The van der Waals surface area contributed by atoms with E-state index in [-0.39, 0.29) is 5.92 Å². The molecule has 4 nitrogen and oxygen atoms in total. The zero-order chi connectivity index (χ0) is 17.3. The molecule has 1 aliphatic rings. The molecular weight excluding hydrogens is 320 g/mol. The van der Waals surface area contributed by atoms with Crippen LogP contribution in [0.15, 0.2) is 65.1 Å². The van der Waals surface area contributed by atoms with Crippen LogP contribution in [0.1, 0.15) is 18.1 Å². The van der Waals surface area contributed by atoms with E-state index >= 15 is 0 Å². The number of para-hydroxylation sites is 1. The molecule has 2 aromatic carbocycles. The fourth-order valence-electron chi connectivity index (χ4n) is 3.02. The van der Waals surface area contributed by atoms with E-state index < -0.39 is 10.0 Å². The summed E-state index contributed by atoms with van der Waals surface area (Å²) in [5, 5.41) is 0. The van der Waals surface area contributed by atoms with Gasteiger partial charge in [0.25, 0.3) is 10.0 Å². The molecule has 0 saturated heterocycles. The quantitative estimate of drug-likeness (QED) is 0.840. The Hall–Kier alpha value is -2.40. The third-order valence-corrected chi connectivity index (χ3v) is 4.59. The summed E-state index contributed by atoms with van der Waals surface area (Å²) in [5.41, 5.74) is 4.20. The fourth-order valence-corrected chi connectivity index (χ4v) is 3.65. The van der Waals surface area contributed by atoms with E-state index in [1.807, 2.05) is 55.3 Å². The van der Waals surface area contributed by atoms with E-state index in [2.05, 4.69) is 28.7 Å². The average Bonchev–Trinajstić information content (AvgIpc) is 2.65. The van der Waals surface area contributed by atoms with Crippen molar-refractivity contribution in [1.29, 1.82) is 0 Å². The average molecular weight is 340 g/mol. The first-order valence-corrected chi connectivity index (χ1v) is 9.62. The summed E-state index contributed by atoms with van der Waals surface area (Å²) in [7, 11) is -1.61. The number of sulfonamides is 1. The standard InChI is InChI=1S/C19H20N2O2S/c1-14-13-17(15-9-5-4-6-10-15)16-11-7-8-12-18(16)21(2)19(14)20-24(3,22)23/h4-14H,1-3H3/b20-19+. The second kappa shape index (κ2) is 6.24. The van der Waals surface area contributed by atoms with Crippen molar-refractivity contribution in [3.05, 3.63) is 71.8 Å². The molecule has 0 radical (unpaired) electrons. The van der Waals surface area contributed by atoms with Crippen LogP contribution in [0.4, 0.5) is 5.69 Å². The molecular formula is C19H20N2O2S. The Kier molecular flexibility index (Phi) is 4.28. The molecule has 0 bridgehead atoms. The van der Waals surface area contributed by atoms with E-state index in [1.54, 1.807) is 0 Å². The van der Waals surface area contributed by atoms with Gasteiger partial charge in [-0.15, -0.1) is 4.40 Å². The number of anilines is 1. The maximum atomic E-state index is 11.7. The molecule has 2 aromatic rings. The first-order chi connectivity index (χ1) is 11.4. The van der Waals surface area contributed by atoms with Gasteiger partial charge in [0.15, 0.2) is 0 Å². The summed E-state index contributed by atoms with van der Waals surface area (Å²) < 4.78 is 27.5. The smallest absolute Gasteiger partial charge is 0.251 e. The van der Waals surface area contributed by atoms with Crippen molar-refractivity contribution in [2.45, 2.75) is 6.92 Å². The van der Waals surface area contributed by atoms with Crippen LogP contribution >= 0.6 is 0 Å². The molecule has 5 heteroatoms. The van der Waals surface area contributed by atoms with Gasteiger partial charge in [-0.2, -0.15) is 0 Å². The molecule has 1 heterocycles. The minimum Gasteiger partial charge on any atom is -0.331 e. The van der Waals surface area contributed by atoms with E-state index in [1.165, 1.54) is 0 Å². The molecule has 0 fully saturated rings. The summed E-state index contributed by atoms with van der Waals surface area (Å²) in [6.45, 7) is 1.97. The summed E-state index contributed by atoms with van der Waals surface area (Å²) in [5.74, 6) is 0.392. The van der Waals surface area contributed by atoms with Crippen LogP contribution in [-0.2, 0) is 10.0 Å². The molecule has 0 aliphatic carbocycles. The molecule has 3 rings (SSSR count). The largest absolute Gasteiger partial charge is 0.331 e. The summed E-state index contributed by atoms with van der Waals surface area (Å²) in [4.78, 5) is 1.87. The van der Waals surface area contributed by atoms with Crippen LogP contribution in [0.5, 0.6) is 0 Å². The number of fused-ring (bicyclic) bond motifs is 1. The van der Waals surface area contributed by atoms with Gasteiger partial charge in [0.05, 0.1) is 6.26 Å². The van der Waals surface area contributed by atoms with Gasteiger partial charge in [-0.1, -0.05) is 61.5 Å². The molecule has 24 heavy (non-hydrogen) atoms. The predicted molar refractivity (Wildman–Crippen MR) is 99.8 cm³/mol. The molecule has 0 N–H and O–H groups in total. The third kappa shape index (κ3) is 3.26. The normalized spacial score (nSPS) is 19.6. The van der Waals surface area contributed by atoms with Crippen molar-refractivity contribution in [3.63, 3.8) is 0 Å². The van der Waals surface area contributed by atoms with Gasteiger partial charge in [-0.25, -0.2) is 8.42 Å². The highest BCUT2D eigenvalue weighted by molar-refractivity contribution is 7.89. The topological polar surface area (TPSA) is 49.7 Å². The maximum absolute atomic E-state index is 11.7. The summed E-state index contributed by atoms with van der Waals surface area (Å²) in [6.07, 6.45) is 3.21. The molecule has 1 atom stereocenters. The SMILES string of the molecule is CC1C=C(c2ccccc2)c2ccccc2N(C)/C1=N/S(C)(=O)=O. The lowest BCUT2D eigenvalue weighted by molar-refractivity contribution is 0.603. The van der Waals surface area contributed by atoms with Crippen molar-refractivity contribution in [2.75, 3.05) is 18.2 Å². The second-order valence-corrected chi connectivity index (χ2v) is 7.64. The van der Waals surface area contributed by atoms with Gasteiger partial charge in [-0.3, -0.25) is 0 Å². The van der Waals surface area contributed by atoms with Crippen LogP contribution < -0.4 is 4.90 Å². The first-order valence-electron chi connectivity index (χ1n) is 7.77. The Morgan fingerprint density at radius 3 is 2.29 bits per heavy atom. The third-order valence-electron chi connectivity index (χ3n) is 4.07. The molecule has 124 valence electrons. The molecule has 0 aromatic heterocycles. The molecule has 0 amide bonds. The van der Waals surface area contributed by atoms with Gasteiger partial charge >= 0.3 is 0 Å². The van der Waals surface area contributed by atoms with Crippen LogP contribution in [0.25, 0.3) is 5.57 Å². The van der Waals surface area contributed by atoms with E-state index in [4.69, 9.17) is 0 Å². The van der Waals surface area contributed by atoms with Crippen LogP contribution in [0, 0.1) is 5.92 Å². The Bertz CT molecular complexity index is 915. The van der Waals surface area contributed by atoms with E-state index in [9.17, 15) is 8.42 Å². The van der Waals surface area contributed by atoms with Gasteiger partial charge in [0.1, 0.15) is 5.84 Å². The monoisotopic (exact) mass is 340 g/mol. The number of nitrogens with zero attached hydrogens (tertiary/aromatic N) is 2. The van der Waals surface area contributed by atoms with Gasteiger partial charge < -0.3 is 4.90 Å².